The Morgan fingerprint density at radius 2 is 1.64 bits per heavy atom. The summed E-state index contributed by atoms with van der Waals surface area (Å²) in [7, 11) is 0. The quantitative estimate of drug-likeness (QED) is 0.408. The molecule has 0 bridgehead atoms. The smallest absolute Gasteiger partial charge is 0.0982 e. The number of nitrogens with two attached hydrogens (primary N) is 4. The lowest BCUT2D eigenvalue weighted by Gasteiger charge is -2.56. The van der Waals surface area contributed by atoms with E-state index >= 15 is 0 Å². The van der Waals surface area contributed by atoms with E-state index in [4.69, 9.17) is 22.9 Å². The van der Waals surface area contributed by atoms with Crippen LogP contribution in [0.5, 0.6) is 0 Å². The van der Waals surface area contributed by atoms with Gasteiger partial charge in [0.25, 0.3) is 0 Å². The second-order valence-corrected chi connectivity index (χ2v) is 5.65. The van der Waals surface area contributed by atoms with Crippen molar-refractivity contribution >= 4 is 0 Å². The van der Waals surface area contributed by atoms with Crippen molar-refractivity contribution in [3.63, 3.8) is 0 Å². The van der Waals surface area contributed by atoms with Crippen LogP contribution in [-0.2, 0) is 0 Å². The molecule has 2 unspecified atom stereocenters. The largest absolute Gasteiger partial charge is 0.325 e. The van der Waals surface area contributed by atoms with Gasteiger partial charge in [-0.3, -0.25) is 0 Å². The van der Waals surface area contributed by atoms with E-state index in [9.17, 15) is 0 Å². The summed E-state index contributed by atoms with van der Waals surface area (Å²) in [6, 6.07) is -0.208. The van der Waals surface area contributed by atoms with E-state index in [-0.39, 0.29) is 11.5 Å². The third kappa shape index (κ3) is 1.46. The zero-order valence-corrected chi connectivity index (χ0v) is 9.51. The second kappa shape index (κ2) is 3.17. The van der Waals surface area contributed by atoms with Gasteiger partial charge in [-0.2, -0.15) is 0 Å². The van der Waals surface area contributed by atoms with Gasteiger partial charge >= 0.3 is 0 Å². The average Bonchev–Trinajstić information content (AvgIpc) is 1.98. The van der Waals surface area contributed by atoms with E-state index in [0.29, 0.717) is 0 Å². The van der Waals surface area contributed by atoms with Crippen molar-refractivity contribution < 1.29 is 0 Å². The maximum absolute atomic E-state index is 6.37. The Labute approximate surface area is 86.4 Å². The molecule has 0 saturated heterocycles. The van der Waals surface area contributed by atoms with Crippen LogP contribution in [-0.4, -0.2) is 17.2 Å². The van der Waals surface area contributed by atoms with Crippen molar-refractivity contribution in [3.8, 4) is 0 Å². The Balaban J connectivity index is 3.07. The highest BCUT2D eigenvalue weighted by molar-refractivity contribution is 5.16. The van der Waals surface area contributed by atoms with Gasteiger partial charge in [-0.15, -0.1) is 0 Å². The lowest BCUT2D eigenvalue weighted by molar-refractivity contribution is 0.0316. The van der Waals surface area contributed by atoms with Crippen LogP contribution in [0.15, 0.2) is 0 Å². The molecular formula is C10H24N4. The third-order valence-corrected chi connectivity index (χ3v) is 3.81. The first kappa shape index (κ1) is 11.9. The maximum Gasteiger partial charge on any atom is 0.0982 e. The number of hydrogen-bond acceptors (Lipinski definition) is 4. The van der Waals surface area contributed by atoms with Crippen LogP contribution >= 0.6 is 0 Å². The van der Waals surface area contributed by atoms with Gasteiger partial charge in [0.05, 0.1) is 11.2 Å². The molecule has 1 aliphatic rings. The van der Waals surface area contributed by atoms with Crippen LogP contribution < -0.4 is 22.9 Å². The molecule has 0 aromatic rings. The number of rotatable bonds is 0. The first-order valence-electron chi connectivity index (χ1n) is 5.25. The standard InChI is InChI=1S/C10H24N4/c1-8(2,3)9(12)6-4-5-7(11)10(9,13)14/h7H,4-6,11-14H2,1-3H3. The zero-order valence-electron chi connectivity index (χ0n) is 9.51. The summed E-state index contributed by atoms with van der Waals surface area (Å²) < 4.78 is 0. The summed E-state index contributed by atoms with van der Waals surface area (Å²) in [6.07, 6.45) is 2.71. The molecule has 0 aliphatic heterocycles. The molecule has 4 heteroatoms. The average molecular weight is 200 g/mol. The Hall–Kier alpha value is -0.160. The molecule has 0 radical (unpaired) electrons. The minimum atomic E-state index is -0.969. The fourth-order valence-electron chi connectivity index (χ4n) is 2.41. The Morgan fingerprint density at radius 3 is 2.00 bits per heavy atom. The van der Waals surface area contributed by atoms with Gasteiger partial charge in [0, 0.05) is 6.04 Å². The first-order valence-corrected chi connectivity index (χ1v) is 5.25. The summed E-state index contributed by atoms with van der Waals surface area (Å²) in [6.45, 7) is 6.21. The molecule has 0 aromatic heterocycles. The summed E-state index contributed by atoms with van der Waals surface area (Å²) in [4.78, 5) is 0. The summed E-state index contributed by atoms with van der Waals surface area (Å²) in [5, 5.41) is 0. The van der Waals surface area contributed by atoms with Gasteiger partial charge in [0.1, 0.15) is 0 Å². The lowest BCUT2D eigenvalue weighted by Crippen LogP contribution is -2.83. The van der Waals surface area contributed by atoms with Gasteiger partial charge in [-0.05, 0) is 24.7 Å². The second-order valence-electron chi connectivity index (χ2n) is 5.65. The molecule has 14 heavy (non-hydrogen) atoms. The zero-order chi connectivity index (χ0) is 11.2. The molecule has 1 saturated carbocycles. The summed E-state index contributed by atoms with van der Waals surface area (Å²) >= 11 is 0. The minimum Gasteiger partial charge on any atom is -0.325 e. The van der Waals surface area contributed by atoms with Crippen molar-refractivity contribution in [1.82, 2.24) is 0 Å². The van der Waals surface area contributed by atoms with Gasteiger partial charge in [-0.1, -0.05) is 20.8 Å². The van der Waals surface area contributed by atoms with Crippen molar-refractivity contribution in [1.29, 1.82) is 0 Å². The Bertz CT molecular complexity index is 219. The van der Waals surface area contributed by atoms with Gasteiger partial charge < -0.3 is 22.9 Å². The van der Waals surface area contributed by atoms with Gasteiger partial charge in [-0.25, -0.2) is 0 Å². The Morgan fingerprint density at radius 1 is 1.14 bits per heavy atom. The third-order valence-electron chi connectivity index (χ3n) is 3.81. The molecule has 0 aromatic carbocycles. The topological polar surface area (TPSA) is 104 Å². The van der Waals surface area contributed by atoms with E-state index in [1.54, 1.807) is 0 Å². The monoisotopic (exact) mass is 200 g/mol. The van der Waals surface area contributed by atoms with Crippen LogP contribution in [0, 0.1) is 5.41 Å². The molecule has 84 valence electrons. The van der Waals surface area contributed by atoms with Crippen LogP contribution in [0.3, 0.4) is 0 Å². The molecule has 2 atom stereocenters. The minimum absolute atomic E-state index is 0.130. The van der Waals surface area contributed by atoms with Gasteiger partial charge in [0.15, 0.2) is 0 Å². The van der Waals surface area contributed by atoms with E-state index in [1.165, 1.54) is 0 Å². The van der Waals surface area contributed by atoms with E-state index in [1.807, 2.05) is 0 Å². The summed E-state index contributed by atoms with van der Waals surface area (Å²) in [5.74, 6) is 0. The molecule has 0 amide bonds. The van der Waals surface area contributed by atoms with E-state index < -0.39 is 11.2 Å². The van der Waals surface area contributed by atoms with Crippen LogP contribution in [0.1, 0.15) is 40.0 Å². The summed E-state index contributed by atoms with van der Waals surface area (Å²) in [5.41, 5.74) is 22.9. The normalized spacial score (nSPS) is 38.4. The first-order chi connectivity index (χ1) is 6.13. The molecule has 1 fully saturated rings. The van der Waals surface area contributed by atoms with Crippen LogP contribution in [0.4, 0.5) is 0 Å². The van der Waals surface area contributed by atoms with Crippen molar-refractivity contribution in [3.05, 3.63) is 0 Å². The highest BCUT2D eigenvalue weighted by Gasteiger charge is 2.55. The van der Waals surface area contributed by atoms with E-state index in [2.05, 4.69) is 20.8 Å². The predicted octanol–water partition coefficient (Wildman–Crippen LogP) is -0.145. The SMILES string of the molecule is CC(C)(C)C1(N)CCCC(N)C1(N)N. The van der Waals surface area contributed by atoms with Crippen molar-refractivity contribution in [2.24, 2.45) is 28.3 Å². The molecule has 1 aliphatic carbocycles. The highest BCUT2D eigenvalue weighted by atomic mass is 15.1. The molecule has 1 rings (SSSR count). The number of hydrogen-bond donors (Lipinski definition) is 4. The maximum atomic E-state index is 6.37. The Kier molecular flexibility index (Phi) is 2.69. The van der Waals surface area contributed by atoms with Crippen molar-refractivity contribution in [2.75, 3.05) is 0 Å². The molecule has 0 spiro atoms. The molecular weight excluding hydrogens is 176 g/mol. The van der Waals surface area contributed by atoms with Crippen LogP contribution in [0.25, 0.3) is 0 Å². The van der Waals surface area contributed by atoms with Crippen LogP contribution in [0.2, 0.25) is 0 Å². The van der Waals surface area contributed by atoms with E-state index in [0.717, 1.165) is 19.3 Å². The van der Waals surface area contributed by atoms with Crippen molar-refractivity contribution in [2.45, 2.75) is 57.3 Å². The highest BCUT2D eigenvalue weighted by Crippen LogP contribution is 2.42. The molecule has 8 N–H and O–H groups in total. The predicted molar refractivity (Wildman–Crippen MR) is 59.3 cm³/mol. The lowest BCUT2D eigenvalue weighted by atomic mass is 9.59. The van der Waals surface area contributed by atoms with Gasteiger partial charge in [0.2, 0.25) is 0 Å². The fourth-order valence-corrected chi connectivity index (χ4v) is 2.41. The fraction of sp³-hybridized carbons (Fsp3) is 1.00. The molecule has 0 heterocycles. The molecule has 4 nitrogen and oxygen atoms in total.